The van der Waals surface area contributed by atoms with Crippen LogP contribution in [-0.2, 0) is 14.3 Å². The minimum Gasteiger partial charge on any atom is -0.368 e. The molecule has 0 aromatic rings. The fourth-order valence-corrected chi connectivity index (χ4v) is 2.04. The van der Waals surface area contributed by atoms with Gasteiger partial charge in [-0.15, -0.1) is 0 Å². The molecule has 0 radical (unpaired) electrons. The van der Waals surface area contributed by atoms with Gasteiger partial charge >= 0.3 is 0 Å². The van der Waals surface area contributed by atoms with Crippen LogP contribution in [0.2, 0.25) is 0 Å². The van der Waals surface area contributed by atoms with Crippen molar-refractivity contribution in [3.05, 3.63) is 0 Å². The molecule has 14 heavy (non-hydrogen) atoms. The molecule has 5 heteroatoms. The summed E-state index contributed by atoms with van der Waals surface area (Å²) in [4.78, 5) is 21.5. The molecular weight excluding hydrogens is 227 g/mol. The number of hydrogen-bond donors (Lipinski definition) is 0. The lowest BCUT2D eigenvalue weighted by Gasteiger charge is -2.28. The van der Waals surface area contributed by atoms with Crippen molar-refractivity contribution in [1.29, 1.82) is 0 Å². The molecule has 80 valence electrons. The fourth-order valence-electron chi connectivity index (χ4n) is 1.73. The van der Waals surface area contributed by atoms with Gasteiger partial charge in [0.2, 0.25) is 10.5 Å². The van der Waals surface area contributed by atoms with Gasteiger partial charge in [-0.1, -0.05) is 12.8 Å². The molecule has 1 aliphatic rings. The molecule has 1 fully saturated rings. The van der Waals surface area contributed by atoms with Gasteiger partial charge in [0.25, 0.3) is 0 Å². The highest BCUT2D eigenvalue weighted by atomic mass is 35.5. The Morgan fingerprint density at radius 3 is 2.43 bits per heavy atom. The smallest absolute Gasteiger partial charge is 0.247 e. The Labute approximate surface area is 92.7 Å². The lowest BCUT2D eigenvalue weighted by molar-refractivity contribution is -0.128. The molecule has 0 N–H and O–H groups in total. The Morgan fingerprint density at radius 1 is 1.21 bits per heavy atom. The quantitative estimate of drug-likeness (QED) is 0.705. The van der Waals surface area contributed by atoms with Crippen LogP contribution in [0.1, 0.15) is 25.7 Å². The van der Waals surface area contributed by atoms with Gasteiger partial charge in [-0.25, -0.2) is 0 Å². The van der Waals surface area contributed by atoms with Crippen LogP contribution >= 0.6 is 23.2 Å². The number of halogens is 2. The summed E-state index contributed by atoms with van der Waals surface area (Å²) in [5.41, 5.74) is 0. The third kappa shape index (κ3) is 3.56. The van der Waals surface area contributed by atoms with E-state index in [0.717, 1.165) is 25.7 Å². The van der Waals surface area contributed by atoms with Crippen LogP contribution < -0.4 is 0 Å². The summed E-state index contributed by atoms with van der Waals surface area (Å²) in [6.07, 6.45) is 3.26. The normalized spacial score (nSPS) is 27.3. The van der Waals surface area contributed by atoms with E-state index in [0.29, 0.717) is 0 Å². The van der Waals surface area contributed by atoms with Crippen LogP contribution in [0.15, 0.2) is 0 Å². The molecule has 0 heterocycles. The maximum Gasteiger partial charge on any atom is 0.247 e. The van der Waals surface area contributed by atoms with Crippen molar-refractivity contribution < 1.29 is 14.3 Å². The Morgan fingerprint density at radius 2 is 1.86 bits per heavy atom. The minimum absolute atomic E-state index is 0.146. The Kier molecular flexibility index (Phi) is 4.85. The molecule has 0 amide bonds. The first kappa shape index (κ1) is 12.0. The monoisotopic (exact) mass is 238 g/mol. The number of hydrogen-bond acceptors (Lipinski definition) is 3. The van der Waals surface area contributed by atoms with Gasteiger partial charge in [0.15, 0.2) is 0 Å². The van der Waals surface area contributed by atoms with Crippen LogP contribution in [0, 0.1) is 5.92 Å². The Bertz CT molecular complexity index is 230. The van der Waals surface area contributed by atoms with Gasteiger partial charge in [0.1, 0.15) is 6.61 Å². The van der Waals surface area contributed by atoms with Crippen LogP contribution in [-0.4, -0.2) is 23.2 Å². The second-order valence-electron chi connectivity index (χ2n) is 3.40. The third-order valence-electron chi connectivity index (χ3n) is 2.40. The second-order valence-corrected chi connectivity index (χ2v) is 4.19. The van der Waals surface area contributed by atoms with Crippen molar-refractivity contribution >= 4 is 33.7 Å². The predicted octanol–water partition coefficient (Wildman–Crippen LogP) is 2.09. The standard InChI is InChI=1S/C9H12Cl2O3/c10-8(12)5-14-7-4-2-1-3-6(7)9(11)13/h6-7H,1-5H2. The summed E-state index contributed by atoms with van der Waals surface area (Å²) in [7, 11) is 0. The van der Waals surface area contributed by atoms with E-state index in [4.69, 9.17) is 27.9 Å². The number of rotatable bonds is 4. The summed E-state index contributed by atoms with van der Waals surface area (Å²) in [6.45, 7) is -0.146. The lowest BCUT2D eigenvalue weighted by Crippen LogP contribution is -2.32. The van der Waals surface area contributed by atoms with Gasteiger partial charge in [0.05, 0.1) is 12.0 Å². The third-order valence-corrected chi connectivity index (χ3v) is 2.79. The molecule has 0 aromatic heterocycles. The highest BCUT2D eigenvalue weighted by molar-refractivity contribution is 6.64. The Balaban J connectivity index is 2.45. The molecule has 0 bridgehead atoms. The summed E-state index contributed by atoms with van der Waals surface area (Å²) in [5, 5.41) is -0.923. The van der Waals surface area contributed by atoms with E-state index in [2.05, 4.69) is 0 Å². The number of carbonyl (C=O) groups excluding carboxylic acids is 2. The second kappa shape index (κ2) is 5.69. The minimum atomic E-state index is -0.545. The van der Waals surface area contributed by atoms with E-state index >= 15 is 0 Å². The van der Waals surface area contributed by atoms with Gasteiger partial charge in [-0.05, 0) is 36.0 Å². The number of carbonyl (C=O) groups is 2. The fraction of sp³-hybridized carbons (Fsp3) is 0.778. The zero-order valence-electron chi connectivity index (χ0n) is 7.67. The molecule has 0 saturated heterocycles. The van der Waals surface area contributed by atoms with Crippen molar-refractivity contribution in [2.45, 2.75) is 31.8 Å². The average molecular weight is 239 g/mol. The molecule has 0 aromatic carbocycles. The summed E-state index contributed by atoms with van der Waals surface area (Å²) >= 11 is 10.6. The predicted molar refractivity (Wildman–Crippen MR) is 53.4 cm³/mol. The first-order valence-corrected chi connectivity index (χ1v) is 5.36. The zero-order chi connectivity index (χ0) is 10.6. The molecular formula is C9H12Cl2O3. The molecule has 0 spiro atoms. The van der Waals surface area contributed by atoms with E-state index in [-0.39, 0.29) is 23.9 Å². The van der Waals surface area contributed by atoms with Crippen molar-refractivity contribution in [1.82, 2.24) is 0 Å². The first-order chi connectivity index (χ1) is 6.61. The van der Waals surface area contributed by atoms with Crippen molar-refractivity contribution in [2.75, 3.05) is 6.61 Å². The molecule has 2 unspecified atom stereocenters. The summed E-state index contributed by atoms with van der Waals surface area (Å²) in [5.74, 6) is -0.276. The summed E-state index contributed by atoms with van der Waals surface area (Å²) < 4.78 is 5.23. The topological polar surface area (TPSA) is 43.4 Å². The molecule has 1 rings (SSSR count). The maximum absolute atomic E-state index is 11.0. The van der Waals surface area contributed by atoms with E-state index in [1.165, 1.54) is 0 Å². The molecule has 0 aliphatic heterocycles. The molecule has 2 atom stereocenters. The van der Waals surface area contributed by atoms with Crippen LogP contribution in [0.3, 0.4) is 0 Å². The SMILES string of the molecule is O=C(Cl)COC1CCCCC1C(=O)Cl. The lowest BCUT2D eigenvalue weighted by atomic mass is 9.87. The summed E-state index contributed by atoms with van der Waals surface area (Å²) in [6, 6.07) is 0. The van der Waals surface area contributed by atoms with Gasteiger partial charge in [0, 0.05) is 0 Å². The van der Waals surface area contributed by atoms with Gasteiger partial charge < -0.3 is 4.74 Å². The van der Waals surface area contributed by atoms with Crippen LogP contribution in [0.4, 0.5) is 0 Å². The molecule has 1 aliphatic carbocycles. The molecule has 1 saturated carbocycles. The van der Waals surface area contributed by atoms with E-state index in [1.807, 2.05) is 0 Å². The van der Waals surface area contributed by atoms with Gasteiger partial charge in [-0.2, -0.15) is 0 Å². The van der Waals surface area contributed by atoms with Crippen LogP contribution in [0.5, 0.6) is 0 Å². The van der Waals surface area contributed by atoms with Crippen LogP contribution in [0.25, 0.3) is 0 Å². The highest BCUT2D eigenvalue weighted by Gasteiger charge is 2.30. The van der Waals surface area contributed by atoms with Gasteiger partial charge in [-0.3, -0.25) is 9.59 Å². The van der Waals surface area contributed by atoms with Crippen molar-refractivity contribution in [3.63, 3.8) is 0 Å². The van der Waals surface area contributed by atoms with Crippen molar-refractivity contribution in [2.24, 2.45) is 5.92 Å². The van der Waals surface area contributed by atoms with E-state index in [9.17, 15) is 9.59 Å². The Hall–Kier alpha value is -0.120. The van der Waals surface area contributed by atoms with E-state index in [1.54, 1.807) is 0 Å². The van der Waals surface area contributed by atoms with E-state index < -0.39 is 5.24 Å². The first-order valence-electron chi connectivity index (χ1n) is 4.60. The average Bonchev–Trinajstić information content (AvgIpc) is 2.15. The molecule has 3 nitrogen and oxygen atoms in total. The maximum atomic E-state index is 11.0. The van der Waals surface area contributed by atoms with Crippen molar-refractivity contribution in [3.8, 4) is 0 Å². The largest absolute Gasteiger partial charge is 0.368 e. The zero-order valence-corrected chi connectivity index (χ0v) is 9.18. The number of ether oxygens (including phenoxy) is 1. The highest BCUT2D eigenvalue weighted by Crippen LogP contribution is 2.28.